The van der Waals surface area contributed by atoms with E-state index in [0.717, 1.165) is 22.8 Å². The second-order valence-corrected chi connectivity index (χ2v) is 29.4. The average Bonchev–Trinajstić information content (AvgIpc) is 1.56. The molecule has 4 fully saturated rings. The minimum Gasteiger partial charge on any atom is -0.445 e. The smallest absolute Gasteiger partial charge is 0.409 e. The van der Waals surface area contributed by atoms with E-state index < -0.39 is 119 Å². The Balaban J connectivity index is 0.632. The van der Waals surface area contributed by atoms with E-state index in [1.165, 1.54) is 43.0 Å². The Morgan fingerprint density at radius 3 is 2.09 bits per heavy atom. The summed E-state index contributed by atoms with van der Waals surface area (Å²) >= 11 is 0. The van der Waals surface area contributed by atoms with Gasteiger partial charge in [0.05, 0.1) is 83.3 Å². The third kappa shape index (κ3) is 20.3. The van der Waals surface area contributed by atoms with Gasteiger partial charge in [-0.15, -0.1) is 0 Å². The van der Waals surface area contributed by atoms with Crippen molar-refractivity contribution in [1.29, 1.82) is 0 Å². The number of allylic oxidation sites excluding steroid dienone is 4. The Kier molecular flexibility index (Phi) is 29.7. The molecule has 12 atom stereocenters. The van der Waals surface area contributed by atoms with Gasteiger partial charge in [-0.1, -0.05) is 94.5 Å². The van der Waals surface area contributed by atoms with Gasteiger partial charge in [0.1, 0.15) is 12.8 Å². The first-order valence-corrected chi connectivity index (χ1v) is 37.5. The van der Waals surface area contributed by atoms with Crippen molar-refractivity contribution < 1.29 is 99.7 Å². The summed E-state index contributed by atoms with van der Waals surface area (Å²) in [6, 6.07) is 20.0. The van der Waals surface area contributed by atoms with Gasteiger partial charge < -0.3 is 84.7 Å². The lowest BCUT2D eigenvalue weighted by Gasteiger charge is -2.63. The van der Waals surface area contributed by atoms with Gasteiger partial charge in [-0.05, 0) is 116 Å². The first-order valence-electron chi connectivity index (χ1n) is 37.5. The Hall–Kier alpha value is -9.02. The fourth-order valence-electron chi connectivity index (χ4n) is 15.9. The van der Waals surface area contributed by atoms with Gasteiger partial charge in [0, 0.05) is 105 Å². The molecule has 8 amide bonds. The van der Waals surface area contributed by atoms with Crippen molar-refractivity contribution >= 4 is 70.6 Å². The number of rotatable bonds is 39. The highest BCUT2D eigenvalue weighted by Gasteiger charge is 2.80. The number of amides is 8. The van der Waals surface area contributed by atoms with Crippen LogP contribution in [0.1, 0.15) is 128 Å². The van der Waals surface area contributed by atoms with Gasteiger partial charge in [0.2, 0.25) is 29.4 Å². The van der Waals surface area contributed by atoms with E-state index in [-0.39, 0.29) is 146 Å². The first kappa shape index (κ1) is 84.0. The molecule has 29 heteroatoms. The van der Waals surface area contributed by atoms with Gasteiger partial charge in [0.25, 0.3) is 0 Å². The summed E-state index contributed by atoms with van der Waals surface area (Å²) < 4.78 is 80.5. The summed E-state index contributed by atoms with van der Waals surface area (Å²) in [5.41, 5.74) is 2.31. The van der Waals surface area contributed by atoms with Gasteiger partial charge in [0.15, 0.2) is 35.7 Å². The van der Waals surface area contributed by atoms with E-state index in [1.54, 1.807) is 49.9 Å². The van der Waals surface area contributed by atoms with Crippen LogP contribution in [0, 0.1) is 46.3 Å². The van der Waals surface area contributed by atoms with Crippen molar-refractivity contribution in [3.63, 3.8) is 0 Å². The van der Waals surface area contributed by atoms with Crippen LogP contribution in [0.3, 0.4) is 0 Å². The third-order valence-electron chi connectivity index (χ3n) is 21.7. The molecule has 2 aliphatic heterocycles. The summed E-state index contributed by atoms with van der Waals surface area (Å²) in [6.45, 7) is 10.4. The molecule has 7 N–H and O–H groups in total. The average molecular weight is 1520 g/mol. The number of aliphatic hydroxyl groups is 1. The Morgan fingerprint density at radius 1 is 0.771 bits per heavy atom. The number of ketones is 3. The number of ether oxygens (including phenoxy) is 8. The number of nitrogens with one attached hydrogen (secondary N) is 4. The normalized spacial score (nSPS) is 24.6. The monoisotopic (exact) mass is 1520 g/mol. The van der Waals surface area contributed by atoms with Crippen molar-refractivity contribution in [2.24, 2.45) is 40.2 Å². The molecule has 6 aliphatic rings. The number of urea groups is 1. The number of likely N-dealkylation sites (N-methyl/N-ethyl adjacent to an activating group) is 2. The van der Waals surface area contributed by atoms with E-state index in [1.807, 2.05) is 55.5 Å². The molecule has 0 spiro atoms. The molecule has 2 heterocycles. The highest BCUT2D eigenvalue weighted by Crippen LogP contribution is 2.72. The highest BCUT2D eigenvalue weighted by molar-refractivity contribution is 6.02. The van der Waals surface area contributed by atoms with Crippen LogP contribution in [0.2, 0.25) is 0 Å². The van der Waals surface area contributed by atoms with E-state index >= 15 is 8.78 Å². The van der Waals surface area contributed by atoms with Crippen LogP contribution >= 0.6 is 0 Å². The molecule has 9 rings (SSSR count). The third-order valence-corrected chi connectivity index (χ3v) is 21.7. The number of halogens is 2. The number of hydrogen-bond donors (Lipinski definition) is 6. The quantitative estimate of drug-likeness (QED) is 0.0238. The largest absolute Gasteiger partial charge is 0.445 e. The Morgan fingerprint density at radius 2 is 1.41 bits per heavy atom. The molecule has 3 saturated carbocycles. The van der Waals surface area contributed by atoms with Gasteiger partial charge in [-0.3, -0.25) is 33.6 Å². The minimum atomic E-state index is -2.40. The highest BCUT2D eigenvalue weighted by atomic mass is 19.1. The molecule has 0 aromatic heterocycles. The molecule has 0 radical (unpaired) electrons. The predicted molar refractivity (Wildman–Crippen MR) is 395 cm³/mol. The lowest BCUT2D eigenvalue weighted by atomic mass is 9.44. The maximum absolute atomic E-state index is 18.0. The number of alkyl halides is 2. The van der Waals surface area contributed by atoms with Crippen molar-refractivity contribution in [3.05, 3.63) is 119 Å². The van der Waals surface area contributed by atoms with E-state index in [2.05, 4.69) is 33.1 Å². The maximum Gasteiger partial charge on any atom is 0.409 e. The van der Waals surface area contributed by atoms with E-state index in [0.29, 0.717) is 62.6 Å². The number of anilines is 2. The fraction of sp³-hybridized carbons (Fsp3) is 0.575. The van der Waals surface area contributed by atoms with Gasteiger partial charge in [-0.2, -0.15) is 0 Å². The molecule has 592 valence electrons. The number of benzene rings is 3. The first-order chi connectivity index (χ1) is 52.1. The fourth-order valence-corrected chi connectivity index (χ4v) is 15.9. The number of para-hydroxylation sites is 1. The van der Waals surface area contributed by atoms with Crippen molar-refractivity contribution in [2.75, 3.05) is 110 Å². The van der Waals surface area contributed by atoms with Crippen LogP contribution in [0.15, 0.2) is 96.6 Å². The number of nitrogens with two attached hydrogens (primary N) is 1. The molecule has 27 nitrogen and oxygen atoms in total. The summed E-state index contributed by atoms with van der Waals surface area (Å²) in [7, 11) is 2.88. The minimum absolute atomic E-state index is 0.0184. The topological polar surface area (TPSA) is 349 Å². The summed E-state index contributed by atoms with van der Waals surface area (Å²) in [4.78, 5) is 136. The van der Waals surface area contributed by atoms with Crippen LogP contribution in [-0.2, 0) is 84.6 Å². The SMILES string of the molecule is CCCC1O[C@@H]2C[C@H]3[C@@H]4C[C@H](F)C5=CC(=O)C=C[C@]5(C)[C@@]4(F)[C@@H](O)C[C@]3(C)[C@]2(C(=O)COC(=O)N(C)CCN(C)C(=O)OCc2ccc(NC(=O)[C@H](CCCNC(N)=O)CC(=O)[C@@H](NC(=O)CCOCCOCCOCCOCCNC(=O)CCC(=O)N3Cc4ccccc4C#Cc4ccccc43)C(C)C)cc2)O1. The summed E-state index contributed by atoms with van der Waals surface area (Å²) in [5, 5.41) is 22.9. The van der Waals surface area contributed by atoms with Gasteiger partial charge in [-0.25, -0.2) is 23.2 Å². The number of fused-ring (bicyclic) bond motifs is 9. The van der Waals surface area contributed by atoms with Crippen molar-refractivity contribution in [2.45, 2.75) is 160 Å². The zero-order chi connectivity index (χ0) is 78.6. The zero-order valence-electron chi connectivity index (χ0n) is 63.2. The van der Waals surface area contributed by atoms with Crippen molar-refractivity contribution in [1.82, 2.24) is 25.8 Å². The molecule has 4 aliphatic carbocycles. The van der Waals surface area contributed by atoms with Crippen LogP contribution in [0.4, 0.5) is 34.5 Å². The van der Waals surface area contributed by atoms with Crippen LogP contribution in [0.25, 0.3) is 0 Å². The lowest BCUT2D eigenvalue weighted by molar-refractivity contribution is -0.234. The predicted octanol–water partition coefficient (Wildman–Crippen LogP) is 7.50. The van der Waals surface area contributed by atoms with E-state index in [9.17, 15) is 53.1 Å². The van der Waals surface area contributed by atoms with E-state index in [4.69, 9.17) is 43.6 Å². The number of carbonyl (C=O) groups excluding carboxylic acids is 10. The molecule has 109 heavy (non-hydrogen) atoms. The molecule has 0 bridgehead atoms. The Bertz CT molecular complexity index is 3890. The van der Waals surface area contributed by atoms with Gasteiger partial charge >= 0.3 is 18.2 Å². The molecule has 3 aromatic carbocycles. The van der Waals surface area contributed by atoms with Crippen LogP contribution in [0.5, 0.6) is 0 Å². The maximum atomic E-state index is 18.0. The molecule has 3 aromatic rings. The second kappa shape index (κ2) is 38.6. The molecule has 1 saturated heterocycles. The molecule has 1 unspecified atom stereocenters. The number of aliphatic hydroxyl groups excluding tert-OH is 1. The summed E-state index contributed by atoms with van der Waals surface area (Å²) in [5.74, 6) is 0.508. The summed E-state index contributed by atoms with van der Waals surface area (Å²) in [6.07, 6.45) is -2.28. The van der Waals surface area contributed by atoms with Crippen molar-refractivity contribution in [3.8, 4) is 11.8 Å². The van der Waals surface area contributed by atoms with Crippen LogP contribution < -0.4 is 31.9 Å². The molecular formula is C80H104F2N8O19. The molecular weight excluding hydrogens is 1410 g/mol. The number of primary amides is 1. The Labute approximate surface area is 634 Å². The van der Waals surface area contributed by atoms with Crippen LogP contribution in [-0.4, -0.2) is 216 Å². The lowest BCUT2D eigenvalue weighted by Crippen LogP contribution is -2.71. The standard InChI is InChI=1S/C80H104F2N8O19/c1-8-14-71-108-67-46-59-60-45-62(81)61-44-58(91)28-30-77(61,4)79(60,82)65(93)47-78(59,5)80(67,109-71)66(94)50-107-76(101)89(7)34-33-88(6)75(100)106-49-52-20-24-57(25-21-52)86-73(98)55(18-13-31-85-74(83)99)43-64(92)72(51(2)3)87-69(96)29-35-102-37-39-104-41-42-105-40-38-103-36-32-84-68(95)26-27-70(97)90-48-56-17-10-9-15-53(56)22-23-54-16-11-12-19-63(54)90/h9-12,15-17,19-21,24-25,28,30,44,51,55,59-60,62,65,67,71-72,93H,8,13-14,18,26-27,29,31-43,45-50H2,1-7H3,(H,84,95)(H,86,98)(H,87,96)(H3,83,85,99)/t55-,59+,60+,62+,65+,67-,71?,72+,77+,78+,79+,80-/m1/s1. The second-order valence-electron chi connectivity index (χ2n) is 29.4. The number of nitrogens with zero attached hydrogens (tertiary/aromatic N) is 3. The number of hydrogen-bond acceptors (Lipinski definition) is 19. The number of carbonyl (C=O) groups is 10. The zero-order valence-corrected chi connectivity index (χ0v) is 63.2. The number of Topliss-reactive ketones (excluding diaryl/α,β-unsaturated/α-hetero) is 2.